The van der Waals surface area contributed by atoms with E-state index in [2.05, 4.69) is 32.7 Å². The van der Waals surface area contributed by atoms with Crippen LogP contribution in [0.2, 0.25) is 5.31 Å². The molecule has 0 aromatic carbocycles. The van der Waals surface area contributed by atoms with Gasteiger partial charge < -0.3 is 4.74 Å². The summed E-state index contributed by atoms with van der Waals surface area (Å²) in [4.78, 5) is 2.57. The van der Waals surface area contributed by atoms with Gasteiger partial charge in [0, 0.05) is 0 Å². The van der Waals surface area contributed by atoms with E-state index in [1.807, 2.05) is 0 Å². The Hall–Kier alpha value is -0.0151. The summed E-state index contributed by atoms with van der Waals surface area (Å²) in [6.07, 6.45) is 6.07. The molecule has 1 aliphatic carbocycles. The van der Waals surface area contributed by atoms with Crippen LogP contribution < -0.4 is 0 Å². The van der Waals surface area contributed by atoms with Gasteiger partial charge in [-0.15, -0.1) is 0 Å². The summed E-state index contributed by atoms with van der Waals surface area (Å²) < 4.78 is 5.63. The highest BCUT2D eigenvalue weighted by Crippen LogP contribution is 2.52. The first-order valence-corrected chi connectivity index (χ1v) is 8.03. The van der Waals surface area contributed by atoms with Gasteiger partial charge in [-0.1, -0.05) is 45.3 Å². The first kappa shape index (κ1) is 15.4. The van der Waals surface area contributed by atoms with Crippen LogP contribution in [-0.2, 0) is 4.74 Å². The van der Waals surface area contributed by atoms with Crippen molar-refractivity contribution in [3.63, 3.8) is 0 Å². The summed E-state index contributed by atoms with van der Waals surface area (Å²) >= 11 is 0. The van der Waals surface area contributed by atoms with Crippen LogP contribution in [0.1, 0.15) is 52.9 Å². The number of ether oxygens (including phenoxy) is 1. The predicted octanol–water partition coefficient (Wildman–Crippen LogP) is 3.27. The van der Waals surface area contributed by atoms with Crippen LogP contribution in [-0.4, -0.2) is 45.1 Å². The Bertz CT molecular complexity index is 301. The molecule has 0 aromatic heterocycles. The van der Waals surface area contributed by atoms with E-state index >= 15 is 0 Å². The Balaban J connectivity index is 2.13. The van der Waals surface area contributed by atoms with Crippen molar-refractivity contribution in [3.05, 3.63) is 0 Å². The summed E-state index contributed by atoms with van der Waals surface area (Å²) in [7, 11) is 8.69. The molecule has 1 heterocycles. The van der Waals surface area contributed by atoms with Crippen molar-refractivity contribution < 1.29 is 4.74 Å². The van der Waals surface area contributed by atoms with Crippen LogP contribution in [0.25, 0.3) is 0 Å². The third-order valence-corrected chi connectivity index (χ3v) is 5.56. The van der Waals surface area contributed by atoms with Crippen molar-refractivity contribution in [2.45, 2.75) is 63.7 Å². The maximum Gasteiger partial charge on any atom is 0.0742 e. The van der Waals surface area contributed by atoms with Crippen LogP contribution in [0.4, 0.5) is 0 Å². The zero-order valence-electron chi connectivity index (χ0n) is 13.2. The zero-order valence-corrected chi connectivity index (χ0v) is 13.2. The molecule has 0 bridgehead atoms. The molecule has 108 valence electrons. The Morgan fingerprint density at radius 3 is 2.47 bits per heavy atom. The number of likely N-dealkylation sites (N-methyl/N-ethyl adjacent to an activating group) is 1. The fourth-order valence-corrected chi connectivity index (χ4v) is 4.29. The largest absolute Gasteiger partial charge is 0.377 e. The maximum atomic E-state index is 6.40. The van der Waals surface area contributed by atoms with Gasteiger partial charge in [-0.05, 0) is 38.3 Å². The summed E-state index contributed by atoms with van der Waals surface area (Å²) in [5, 5.41) is 0.0479. The van der Waals surface area contributed by atoms with E-state index in [1.54, 1.807) is 0 Å². The second-order valence-electron chi connectivity index (χ2n) is 7.19. The summed E-state index contributed by atoms with van der Waals surface area (Å²) in [6.45, 7) is 9.84. The number of nitrogens with zero attached hydrogens (tertiary/aromatic N) is 1. The molecule has 0 spiro atoms. The Morgan fingerprint density at radius 1 is 1.32 bits per heavy atom. The predicted molar refractivity (Wildman–Crippen MR) is 81.7 cm³/mol. The van der Waals surface area contributed by atoms with Crippen LogP contribution in [0.3, 0.4) is 0 Å². The number of hydrogen-bond donors (Lipinski definition) is 0. The van der Waals surface area contributed by atoms with Gasteiger partial charge in [0.15, 0.2) is 0 Å². The minimum Gasteiger partial charge on any atom is -0.377 e. The molecule has 0 amide bonds. The molecule has 3 atom stereocenters. The fourth-order valence-electron chi connectivity index (χ4n) is 4.29. The number of hydrogen-bond acceptors (Lipinski definition) is 2. The average Bonchev–Trinajstić information content (AvgIpc) is 2.29. The minimum atomic E-state index is 0.0479. The van der Waals surface area contributed by atoms with E-state index < -0.39 is 0 Å². The second-order valence-corrected chi connectivity index (χ2v) is 7.19. The molecule has 3 heteroatoms. The van der Waals surface area contributed by atoms with Crippen molar-refractivity contribution in [3.8, 4) is 0 Å². The van der Waals surface area contributed by atoms with Crippen LogP contribution in [0.15, 0.2) is 0 Å². The Labute approximate surface area is 120 Å². The summed E-state index contributed by atoms with van der Waals surface area (Å²) in [5.41, 5.74) is 0.299. The van der Waals surface area contributed by atoms with E-state index in [0.717, 1.165) is 31.5 Å². The van der Waals surface area contributed by atoms with Crippen LogP contribution >= 0.6 is 0 Å². The van der Waals surface area contributed by atoms with Crippen molar-refractivity contribution in [2.24, 2.45) is 11.8 Å². The van der Waals surface area contributed by atoms with Gasteiger partial charge in [0.25, 0.3) is 0 Å². The van der Waals surface area contributed by atoms with Gasteiger partial charge in [0.1, 0.15) is 0 Å². The SMILES string of the molecule is [B]C1(C)CCC(C2(N(C)CCC)COC2)C(CC)C1. The lowest BCUT2D eigenvalue weighted by molar-refractivity contribution is -0.179. The van der Waals surface area contributed by atoms with Gasteiger partial charge in [0.05, 0.1) is 26.6 Å². The normalized spacial score (nSPS) is 38.2. The van der Waals surface area contributed by atoms with Gasteiger partial charge in [0.2, 0.25) is 0 Å². The van der Waals surface area contributed by atoms with Gasteiger partial charge in [-0.25, -0.2) is 0 Å². The highest BCUT2D eigenvalue weighted by Gasteiger charge is 2.52. The molecule has 1 aliphatic heterocycles. The zero-order chi connectivity index (χ0) is 14.1. The van der Waals surface area contributed by atoms with Crippen molar-refractivity contribution in [2.75, 3.05) is 26.8 Å². The molecule has 3 unspecified atom stereocenters. The Morgan fingerprint density at radius 2 is 2.00 bits per heavy atom. The maximum absolute atomic E-state index is 6.40. The first-order valence-electron chi connectivity index (χ1n) is 8.03. The van der Waals surface area contributed by atoms with Crippen molar-refractivity contribution in [1.82, 2.24) is 4.90 Å². The number of rotatable bonds is 5. The van der Waals surface area contributed by atoms with Crippen molar-refractivity contribution in [1.29, 1.82) is 0 Å². The van der Waals surface area contributed by atoms with Crippen LogP contribution in [0, 0.1) is 11.8 Å². The van der Waals surface area contributed by atoms with Crippen LogP contribution in [0.5, 0.6) is 0 Å². The monoisotopic (exact) mass is 263 g/mol. The summed E-state index contributed by atoms with van der Waals surface area (Å²) in [5.74, 6) is 1.52. The molecule has 1 saturated heterocycles. The van der Waals surface area contributed by atoms with E-state index in [4.69, 9.17) is 12.6 Å². The molecule has 0 aromatic rings. The van der Waals surface area contributed by atoms with Gasteiger partial charge in [-0.3, -0.25) is 4.90 Å². The van der Waals surface area contributed by atoms with Gasteiger partial charge in [-0.2, -0.15) is 0 Å². The molecule has 19 heavy (non-hydrogen) atoms. The molecule has 2 fully saturated rings. The molecule has 1 saturated carbocycles. The molecule has 2 nitrogen and oxygen atoms in total. The smallest absolute Gasteiger partial charge is 0.0742 e. The highest BCUT2D eigenvalue weighted by atomic mass is 16.5. The third kappa shape index (κ3) is 2.87. The van der Waals surface area contributed by atoms with E-state index in [9.17, 15) is 0 Å². The van der Waals surface area contributed by atoms with Crippen molar-refractivity contribution >= 4 is 7.85 Å². The second kappa shape index (κ2) is 5.77. The lowest BCUT2D eigenvalue weighted by Gasteiger charge is -2.58. The third-order valence-electron chi connectivity index (χ3n) is 5.56. The highest BCUT2D eigenvalue weighted by molar-refractivity contribution is 6.14. The molecule has 2 radical (unpaired) electrons. The first-order chi connectivity index (χ1) is 8.95. The van der Waals surface area contributed by atoms with E-state index in [0.29, 0.717) is 5.54 Å². The molecular weight excluding hydrogens is 233 g/mol. The average molecular weight is 263 g/mol. The molecule has 0 N–H and O–H groups in total. The molecular formula is C16H30BNO. The topological polar surface area (TPSA) is 12.5 Å². The lowest BCUT2D eigenvalue weighted by atomic mass is 9.53. The minimum absolute atomic E-state index is 0.0479. The Kier molecular flexibility index (Phi) is 4.67. The lowest BCUT2D eigenvalue weighted by Crippen LogP contribution is -2.67. The molecule has 2 aliphatic rings. The van der Waals surface area contributed by atoms with E-state index in [-0.39, 0.29) is 5.31 Å². The standard InChI is InChI=1S/C16H30BNO/c1-5-9-18(4)16(11-19-12-16)14-7-8-15(3,17)10-13(14)6-2/h13-14H,5-12H2,1-4H3. The summed E-state index contributed by atoms with van der Waals surface area (Å²) in [6, 6.07) is 0. The van der Waals surface area contributed by atoms with E-state index in [1.165, 1.54) is 32.2 Å². The fraction of sp³-hybridized carbons (Fsp3) is 1.00. The van der Waals surface area contributed by atoms with Gasteiger partial charge >= 0.3 is 0 Å². The quantitative estimate of drug-likeness (QED) is 0.706. The molecule has 2 rings (SSSR count).